The topological polar surface area (TPSA) is 39.7 Å². The molecule has 0 radical (unpaired) electrons. The molecule has 0 bridgehead atoms. The maximum Gasteiger partial charge on any atom is 0.191 e. The molecule has 0 fully saturated rings. The van der Waals surface area contributed by atoms with Crippen molar-refractivity contribution in [3.63, 3.8) is 0 Å². The van der Waals surface area contributed by atoms with Gasteiger partial charge in [-0.05, 0) is 38.9 Å². The number of thiophene rings is 1. The molecule has 1 aromatic rings. The standard InChI is InChI=1S/C14H26N4S/c1-6-11(2)17-14(15-3)16-10-12(18(4)5)13-8-7-9-19-13/h7-9,11-12H,6,10H2,1-5H3,(H2,15,16,17). The van der Waals surface area contributed by atoms with Crippen LogP contribution in [0.3, 0.4) is 0 Å². The Morgan fingerprint density at radius 1 is 1.47 bits per heavy atom. The Balaban J connectivity index is 2.56. The average molecular weight is 282 g/mol. The van der Waals surface area contributed by atoms with E-state index in [9.17, 15) is 0 Å². The number of nitrogens with zero attached hydrogens (tertiary/aromatic N) is 2. The maximum atomic E-state index is 4.27. The van der Waals surface area contributed by atoms with Crippen LogP contribution < -0.4 is 10.6 Å². The second-order valence-corrected chi connectivity index (χ2v) is 5.88. The van der Waals surface area contributed by atoms with Crippen LogP contribution in [0.2, 0.25) is 0 Å². The normalized spacial score (nSPS) is 15.4. The fraction of sp³-hybridized carbons (Fsp3) is 0.643. The second-order valence-electron chi connectivity index (χ2n) is 4.90. The molecule has 2 atom stereocenters. The fourth-order valence-electron chi connectivity index (χ4n) is 1.74. The summed E-state index contributed by atoms with van der Waals surface area (Å²) in [6.45, 7) is 5.18. The Bertz CT molecular complexity index is 373. The first kappa shape index (κ1) is 16.0. The van der Waals surface area contributed by atoms with Crippen LogP contribution in [0.1, 0.15) is 31.2 Å². The summed E-state index contributed by atoms with van der Waals surface area (Å²) in [5.41, 5.74) is 0. The van der Waals surface area contributed by atoms with Crippen molar-refractivity contribution < 1.29 is 0 Å². The lowest BCUT2D eigenvalue weighted by Crippen LogP contribution is -2.44. The van der Waals surface area contributed by atoms with Gasteiger partial charge < -0.3 is 15.5 Å². The molecular formula is C14H26N4S. The molecule has 1 rings (SSSR count). The molecule has 2 N–H and O–H groups in total. The zero-order valence-corrected chi connectivity index (χ0v) is 13.4. The number of hydrogen-bond donors (Lipinski definition) is 2. The molecule has 0 aliphatic carbocycles. The largest absolute Gasteiger partial charge is 0.354 e. The number of nitrogens with one attached hydrogen (secondary N) is 2. The van der Waals surface area contributed by atoms with E-state index >= 15 is 0 Å². The van der Waals surface area contributed by atoms with Gasteiger partial charge in [-0.3, -0.25) is 4.99 Å². The van der Waals surface area contributed by atoms with Crippen LogP contribution in [0.5, 0.6) is 0 Å². The molecule has 1 heterocycles. The van der Waals surface area contributed by atoms with Gasteiger partial charge in [0.25, 0.3) is 0 Å². The SMILES string of the molecule is CCC(C)NC(=NC)NCC(c1cccs1)N(C)C. The lowest BCUT2D eigenvalue weighted by atomic mass is 10.2. The average Bonchev–Trinajstić information content (AvgIpc) is 2.90. The van der Waals surface area contributed by atoms with Gasteiger partial charge in [0.2, 0.25) is 0 Å². The first-order valence-electron chi connectivity index (χ1n) is 6.75. The third-order valence-electron chi connectivity index (χ3n) is 3.18. The van der Waals surface area contributed by atoms with Gasteiger partial charge in [-0.2, -0.15) is 0 Å². The summed E-state index contributed by atoms with van der Waals surface area (Å²) in [7, 11) is 6.03. The molecule has 0 aliphatic heterocycles. The zero-order chi connectivity index (χ0) is 14.3. The van der Waals surface area contributed by atoms with Crippen LogP contribution in [0.25, 0.3) is 0 Å². The summed E-state index contributed by atoms with van der Waals surface area (Å²) in [5, 5.41) is 8.91. The predicted octanol–water partition coefficient (Wildman–Crippen LogP) is 2.31. The molecule has 1 aromatic heterocycles. The van der Waals surface area contributed by atoms with Crippen molar-refractivity contribution in [2.24, 2.45) is 4.99 Å². The van der Waals surface area contributed by atoms with E-state index < -0.39 is 0 Å². The highest BCUT2D eigenvalue weighted by Gasteiger charge is 2.15. The van der Waals surface area contributed by atoms with E-state index in [1.54, 1.807) is 11.3 Å². The van der Waals surface area contributed by atoms with Gasteiger partial charge in [0.05, 0.1) is 6.04 Å². The molecule has 2 unspecified atom stereocenters. The highest BCUT2D eigenvalue weighted by molar-refractivity contribution is 7.10. The molecule has 108 valence electrons. The van der Waals surface area contributed by atoms with E-state index in [2.05, 4.69) is 66.0 Å². The van der Waals surface area contributed by atoms with Crippen molar-refractivity contribution in [2.75, 3.05) is 27.7 Å². The van der Waals surface area contributed by atoms with E-state index in [4.69, 9.17) is 0 Å². The first-order chi connectivity index (χ1) is 9.08. The number of guanidine groups is 1. The lowest BCUT2D eigenvalue weighted by Gasteiger charge is -2.25. The van der Waals surface area contributed by atoms with E-state index in [0.717, 1.165) is 18.9 Å². The Labute approximate surface area is 120 Å². The summed E-state index contributed by atoms with van der Waals surface area (Å²) in [6.07, 6.45) is 1.09. The fourth-order valence-corrected chi connectivity index (χ4v) is 2.66. The van der Waals surface area contributed by atoms with Crippen LogP contribution in [0, 0.1) is 0 Å². The van der Waals surface area contributed by atoms with Gasteiger partial charge in [-0.25, -0.2) is 0 Å². The number of rotatable bonds is 6. The van der Waals surface area contributed by atoms with Crippen molar-refractivity contribution in [3.05, 3.63) is 22.4 Å². The van der Waals surface area contributed by atoms with Crippen LogP contribution >= 0.6 is 11.3 Å². The third kappa shape index (κ3) is 5.20. The van der Waals surface area contributed by atoms with Gasteiger partial charge in [0, 0.05) is 24.5 Å². The molecule has 0 saturated carbocycles. The molecular weight excluding hydrogens is 256 g/mol. The first-order valence-corrected chi connectivity index (χ1v) is 7.63. The summed E-state index contributed by atoms with van der Waals surface area (Å²) in [6, 6.07) is 5.09. The minimum Gasteiger partial charge on any atom is -0.354 e. The number of hydrogen-bond acceptors (Lipinski definition) is 3. The molecule has 5 heteroatoms. The van der Waals surface area contributed by atoms with Crippen molar-refractivity contribution >= 4 is 17.3 Å². The Kier molecular flexibility index (Phi) is 6.87. The van der Waals surface area contributed by atoms with Crippen LogP contribution in [-0.4, -0.2) is 44.6 Å². The molecule has 0 aliphatic rings. The maximum absolute atomic E-state index is 4.27. The number of aliphatic imine (C=N–C) groups is 1. The Hall–Kier alpha value is -1.07. The molecule has 0 amide bonds. The molecule has 4 nitrogen and oxygen atoms in total. The Morgan fingerprint density at radius 3 is 2.68 bits per heavy atom. The highest BCUT2D eigenvalue weighted by atomic mass is 32.1. The van der Waals surface area contributed by atoms with Gasteiger partial charge in [-0.15, -0.1) is 11.3 Å². The summed E-state index contributed by atoms with van der Waals surface area (Å²) < 4.78 is 0. The van der Waals surface area contributed by atoms with Gasteiger partial charge in [0.15, 0.2) is 5.96 Å². The van der Waals surface area contributed by atoms with E-state index in [0.29, 0.717) is 12.1 Å². The minimum atomic E-state index is 0.371. The molecule has 19 heavy (non-hydrogen) atoms. The van der Waals surface area contributed by atoms with Gasteiger partial charge >= 0.3 is 0 Å². The quantitative estimate of drug-likeness (QED) is 0.621. The van der Waals surface area contributed by atoms with Crippen LogP contribution in [0.15, 0.2) is 22.5 Å². The van der Waals surface area contributed by atoms with E-state index in [-0.39, 0.29) is 0 Å². The predicted molar refractivity (Wildman–Crippen MR) is 85.0 cm³/mol. The summed E-state index contributed by atoms with van der Waals surface area (Å²) in [4.78, 5) is 7.87. The van der Waals surface area contributed by atoms with E-state index in [1.807, 2.05) is 7.05 Å². The van der Waals surface area contributed by atoms with Gasteiger partial charge in [0.1, 0.15) is 0 Å². The van der Waals surface area contributed by atoms with Crippen molar-refractivity contribution in [1.29, 1.82) is 0 Å². The highest BCUT2D eigenvalue weighted by Crippen LogP contribution is 2.22. The monoisotopic (exact) mass is 282 g/mol. The van der Waals surface area contributed by atoms with Gasteiger partial charge in [-0.1, -0.05) is 13.0 Å². The molecule has 0 spiro atoms. The molecule has 0 aromatic carbocycles. The number of likely N-dealkylation sites (N-methyl/N-ethyl adjacent to an activating group) is 1. The van der Waals surface area contributed by atoms with Crippen molar-refractivity contribution in [2.45, 2.75) is 32.4 Å². The van der Waals surface area contributed by atoms with Crippen LogP contribution in [-0.2, 0) is 0 Å². The minimum absolute atomic E-state index is 0.371. The Morgan fingerprint density at radius 2 is 2.21 bits per heavy atom. The summed E-state index contributed by atoms with van der Waals surface area (Å²) >= 11 is 1.80. The molecule has 0 saturated heterocycles. The lowest BCUT2D eigenvalue weighted by molar-refractivity contribution is 0.302. The zero-order valence-electron chi connectivity index (χ0n) is 12.6. The second kappa shape index (κ2) is 8.17. The van der Waals surface area contributed by atoms with Crippen molar-refractivity contribution in [1.82, 2.24) is 15.5 Å². The third-order valence-corrected chi connectivity index (χ3v) is 4.15. The van der Waals surface area contributed by atoms with Crippen molar-refractivity contribution in [3.8, 4) is 0 Å². The van der Waals surface area contributed by atoms with Crippen LogP contribution in [0.4, 0.5) is 0 Å². The summed E-state index contributed by atoms with van der Waals surface area (Å²) in [5.74, 6) is 0.873. The smallest absolute Gasteiger partial charge is 0.191 e. The van der Waals surface area contributed by atoms with E-state index in [1.165, 1.54) is 4.88 Å².